The predicted molar refractivity (Wildman–Crippen MR) is 139 cm³/mol. The first-order valence-corrected chi connectivity index (χ1v) is 12.3. The number of hydrogen-bond donors (Lipinski definition) is 2. The molecule has 2 aromatic carbocycles. The van der Waals surface area contributed by atoms with Crippen LogP contribution in [-0.4, -0.2) is 50.8 Å². The number of nitrogens with one attached hydrogen (secondary N) is 1. The van der Waals surface area contributed by atoms with E-state index in [0.29, 0.717) is 48.2 Å². The van der Waals surface area contributed by atoms with Crippen molar-refractivity contribution >= 4 is 40.6 Å². The average molecular weight is 510 g/mol. The molecule has 1 saturated heterocycles. The Bertz CT molecular complexity index is 1380. The van der Waals surface area contributed by atoms with Gasteiger partial charge in [0.25, 0.3) is 0 Å². The summed E-state index contributed by atoms with van der Waals surface area (Å²) in [7, 11) is 0. The molecule has 180 valence electrons. The molecule has 1 aliphatic heterocycles. The molecule has 0 atom stereocenters. The number of anilines is 1. The van der Waals surface area contributed by atoms with E-state index >= 15 is 0 Å². The molecule has 0 aliphatic carbocycles. The lowest BCUT2D eigenvalue weighted by atomic mass is 9.87. The Labute approximate surface area is 213 Å². The summed E-state index contributed by atoms with van der Waals surface area (Å²) in [6, 6.07) is 17.1. The van der Waals surface area contributed by atoms with Crippen LogP contribution in [0.2, 0.25) is 10.0 Å². The van der Waals surface area contributed by atoms with Crippen molar-refractivity contribution in [2.45, 2.75) is 25.3 Å². The quantitative estimate of drug-likeness (QED) is 0.361. The van der Waals surface area contributed by atoms with E-state index in [9.17, 15) is 9.90 Å². The fraction of sp³-hybridized carbons (Fsp3) is 0.269. The zero-order chi connectivity index (χ0) is 24.6. The van der Waals surface area contributed by atoms with Crippen LogP contribution in [0.5, 0.6) is 0 Å². The minimum atomic E-state index is -0.904. The summed E-state index contributed by atoms with van der Waals surface area (Å²) in [5.41, 5.74) is 3.12. The van der Waals surface area contributed by atoms with E-state index in [0.717, 1.165) is 28.2 Å². The Morgan fingerprint density at radius 1 is 1.09 bits per heavy atom. The molecule has 0 spiro atoms. The zero-order valence-corrected chi connectivity index (χ0v) is 20.7. The number of carboxylic acid groups (broad SMARTS) is 1. The second-order valence-electron chi connectivity index (χ2n) is 8.65. The van der Waals surface area contributed by atoms with Crippen LogP contribution in [0.3, 0.4) is 0 Å². The third-order valence-corrected chi connectivity index (χ3v) is 7.21. The van der Waals surface area contributed by atoms with E-state index in [-0.39, 0.29) is 0 Å². The molecule has 1 aliphatic rings. The standard InChI is InChI=1S/C26H25Cl2N5O2/c1-2-30-26(25(34)35)12-15-32(16-13-26)21-11-14-29-24-22(17-7-9-18(27)10-8-17)23(31-33(21)24)19-5-3-4-6-20(19)28/h3-11,14,30H,2,12-13,15-16H2,1H3,(H,34,35). The number of likely N-dealkylation sites (N-methyl/N-ethyl adjacent to an activating group) is 1. The molecule has 0 amide bonds. The number of aliphatic carboxylic acids is 1. The Balaban J connectivity index is 1.63. The zero-order valence-electron chi connectivity index (χ0n) is 19.2. The number of fused-ring (bicyclic) bond motifs is 1. The number of hydrogen-bond acceptors (Lipinski definition) is 5. The molecule has 4 aromatic rings. The van der Waals surface area contributed by atoms with Crippen molar-refractivity contribution in [2.24, 2.45) is 0 Å². The van der Waals surface area contributed by atoms with Crippen molar-refractivity contribution in [3.05, 3.63) is 70.8 Å². The molecule has 9 heteroatoms. The van der Waals surface area contributed by atoms with Crippen LogP contribution < -0.4 is 10.2 Å². The van der Waals surface area contributed by atoms with Gasteiger partial charge in [0.2, 0.25) is 0 Å². The summed E-state index contributed by atoms with van der Waals surface area (Å²) in [4.78, 5) is 18.9. The summed E-state index contributed by atoms with van der Waals surface area (Å²) in [6.45, 7) is 3.70. The van der Waals surface area contributed by atoms with Gasteiger partial charge in [-0.25, -0.2) is 4.98 Å². The first-order chi connectivity index (χ1) is 16.9. The van der Waals surface area contributed by atoms with Crippen LogP contribution in [0.15, 0.2) is 60.8 Å². The summed E-state index contributed by atoms with van der Waals surface area (Å²) < 4.78 is 1.84. The minimum Gasteiger partial charge on any atom is -0.480 e. The topological polar surface area (TPSA) is 82.8 Å². The number of piperidine rings is 1. The van der Waals surface area contributed by atoms with Crippen LogP contribution in [-0.2, 0) is 4.79 Å². The maximum absolute atomic E-state index is 12.0. The van der Waals surface area contributed by atoms with Gasteiger partial charge in [-0.1, -0.05) is 60.5 Å². The van der Waals surface area contributed by atoms with Crippen LogP contribution in [0.25, 0.3) is 28.0 Å². The van der Waals surface area contributed by atoms with Crippen molar-refractivity contribution < 1.29 is 9.90 Å². The smallest absolute Gasteiger partial charge is 0.324 e. The maximum Gasteiger partial charge on any atom is 0.324 e. The van der Waals surface area contributed by atoms with E-state index in [1.807, 2.05) is 66.0 Å². The van der Waals surface area contributed by atoms with Gasteiger partial charge in [-0.3, -0.25) is 4.79 Å². The van der Waals surface area contributed by atoms with Gasteiger partial charge in [-0.15, -0.1) is 0 Å². The molecule has 5 rings (SSSR count). The molecule has 2 aromatic heterocycles. The van der Waals surface area contributed by atoms with Gasteiger partial charge in [0.15, 0.2) is 5.65 Å². The summed E-state index contributed by atoms with van der Waals surface area (Å²) in [5.74, 6) is 0.0583. The fourth-order valence-corrected chi connectivity index (χ4v) is 5.17. The Hall–Kier alpha value is -3.13. The van der Waals surface area contributed by atoms with Gasteiger partial charge in [0.1, 0.15) is 17.1 Å². The second-order valence-corrected chi connectivity index (χ2v) is 9.50. The third-order valence-electron chi connectivity index (χ3n) is 6.63. The van der Waals surface area contributed by atoms with E-state index < -0.39 is 11.5 Å². The van der Waals surface area contributed by atoms with E-state index in [2.05, 4.69) is 15.2 Å². The molecule has 0 unspecified atom stereocenters. The average Bonchev–Trinajstić information content (AvgIpc) is 3.25. The highest BCUT2D eigenvalue weighted by atomic mass is 35.5. The van der Waals surface area contributed by atoms with Gasteiger partial charge in [0, 0.05) is 29.9 Å². The molecule has 0 bridgehead atoms. The van der Waals surface area contributed by atoms with Crippen LogP contribution in [0.1, 0.15) is 19.8 Å². The maximum atomic E-state index is 12.0. The number of halogens is 2. The summed E-state index contributed by atoms with van der Waals surface area (Å²) in [6.07, 6.45) is 2.75. The highest BCUT2D eigenvalue weighted by Gasteiger charge is 2.41. The van der Waals surface area contributed by atoms with Crippen molar-refractivity contribution in [3.63, 3.8) is 0 Å². The van der Waals surface area contributed by atoms with Crippen molar-refractivity contribution in [1.82, 2.24) is 19.9 Å². The van der Waals surface area contributed by atoms with Crippen molar-refractivity contribution in [1.29, 1.82) is 0 Å². The number of rotatable bonds is 6. The summed E-state index contributed by atoms with van der Waals surface area (Å²) in [5, 5.41) is 19.3. The Morgan fingerprint density at radius 2 is 1.80 bits per heavy atom. The lowest BCUT2D eigenvalue weighted by Crippen LogP contribution is -2.58. The highest BCUT2D eigenvalue weighted by Crippen LogP contribution is 2.39. The molecule has 35 heavy (non-hydrogen) atoms. The van der Waals surface area contributed by atoms with E-state index in [1.165, 1.54) is 0 Å². The Kier molecular flexibility index (Phi) is 6.40. The van der Waals surface area contributed by atoms with Crippen LogP contribution >= 0.6 is 23.2 Å². The number of aromatic nitrogens is 3. The number of nitrogens with zero attached hydrogens (tertiary/aromatic N) is 4. The molecule has 0 radical (unpaired) electrons. The van der Waals surface area contributed by atoms with E-state index in [4.69, 9.17) is 28.3 Å². The van der Waals surface area contributed by atoms with Gasteiger partial charge in [0.05, 0.1) is 10.6 Å². The molecule has 0 saturated carbocycles. The van der Waals surface area contributed by atoms with Crippen LogP contribution in [0.4, 0.5) is 5.82 Å². The second kappa shape index (κ2) is 9.49. The lowest BCUT2D eigenvalue weighted by Gasteiger charge is -2.40. The first kappa shape index (κ1) is 23.6. The molecule has 1 fully saturated rings. The normalized spacial score (nSPS) is 15.5. The van der Waals surface area contributed by atoms with Gasteiger partial charge >= 0.3 is 5.97 Å². The number of carboxylic acids is 1. The molecule has 3 heterocycles. The van der Waals surface area contributed by atoms with Gasteiger partial charge in [-0.2, -0.15) is 9.61 Å². The highest BCUT2D eigenvalue weighted by molar-refractivity contribution is 6.33. The van der Waals surface area contributed by atoms with Crippen molar-refractivity contribution in [3.8, 4) is 22.4 Å². The number of carbonyl (C=O) groups is 1. The fourth-order valence-electron chi connectivity index (χ4n) is 4.82. The van der Waals surface area contributed by atoms with E-state index in [1.54, 1.807) is 6.20 Å². The third kappa shape index (κ3) is 4.24. The predicted octanol–water partition coefficient (Wildman–Crippen LogP) is 5.40. The monoisotopic (exact) mass is 509 g/mol. The van der Waals surface area contributed by atoms with Gasteiger partial charge < -0.3 is 15.3 Å². The molecule has 7 nitrogen and oxygen atoms in total. The minimum absolute atomic E-state index is 0.489. The Morgan fingerprint density at radius 3 is 2.46 bits per heavy atom. The molecular weight excluding hydrogens is 485 g/mol. The van der Waals surface area contributed by atoms with Crippen molar-refractivity contribution in [2.75, 3.05) is 24.5 Å². The van der Waals surface area contributed by atoms with Gasteiger partial charge in [-0.05, 0) is 49.2 Å². The first-order valence-electron chi connectivity index (χ1n) is 11.6. The van der Waals surface area contributed by atoms with Crippen LogP contribution in [0, 0.1) is 0 Å². The largest absolute Gasteiger partial charge is 0.480 e. The molecule has 2 N–H and O–H groups in total. The summed E-state index contributed by atoms with van der Waals surface area (Å²) >= 11 is 12.7. The molecular formula is C26H25Cl2N5O2. The lowest BCUT2D eigenvalue weighted by molar-refractivity contribution is -0.145. The SMILES string of the molecule is CCNC1(C(=O)O)CCN(c2ccnc3c(-c4ccc(Cl)cc4)c(-c4ccccc4Cl)nn23)CC1. The number of benzene rings is 2.